The number of piperidine rings is 1. The van der Waals surface area contributed by atoms with Gasteiger partial charge in [0.05, 0.1) is 11.0 Å². The molecule has 1 saturated heterocycles. The van der Waals surface area contributed by atoms with Gasteiger partial charge in [-0.3, -0.25) is 9.59 Å². The standard InChI is InChI=1S/C20H27N3O3/c1-2-23-16-10-5-4-9-15(16)18(24)17(20(23)26)19(25)21-11-8-14-22-12-6-3-7-13-22/h4-5,9-10,24H,2-3,6-8,11-14H2,1H3,(H,21,25)/i1D3,2D2,3D2,4D,5D,6D2,7D2,9D,10D,12D2,13D2,14D2/hD2. The number of amides is 1. The Balaban J connectivity index is 2.24. The number of likely N-dealkylation sites (tertiary alicyclic amines) is 1. The number of hydrogen-bond donors (Lipinski definition) is 2. The molecule has 1 fully saturated rings. The van der Waals surface area contributed by atoms with Gasteiger partial charge in [-0.05, 0) is 57.6 Å². The van der Waals surface area contributed by atoms with E-state index < -0.39 is 128 Å². The summed E-state index contributed by atoms with van der Waals surface area (Å²) in [4.78, 5) is 26.7. The normalized spacial score (nSPS) is 39.3. The van der Waals surface area contributed by atoms with Gasteiger partial charge in [0.15, 0.2) is 1.41 Å². The van der Waals surface area contributed by atoms with Crippen LogP contribution in [-0.2, 0) is 6.50 Å². The summed E-state index contributed by atoms with van der Waals surface area (Å²) in [6.07, 6.45) is -13.1. The number of benzene rings is 1. The highest BCUT2D eigenvalue weighted by Crippen LogP contribution is 2.26. The molecule has 26 heavy (non-hydrogen) atoms. The molecule has 2 N–H and O–H groups in total. The van der Waals surface area contributed by atoms with Gasteiger partial charge in [-0.1, -0.05) is 18.5 Å². The lowest BCUT2D eigenvalue weighted by molar-refractivity contribution is 0.0946. The number of nitrogens with one attached hydrogen (secondary N) is 1. The van der Waals surface area contributed by atoms with Crippen molar-refractivity contribution in [1.29, 1.82) is 1.43 Å². The molecular formula is C20H27N3O3. The highest BCUT2D eigenvalue weighted by Gasteiger charge is 2.21. The fourth-order valence-electron chi connectivity index (χ4n) is 2.07. The second-order valence-corrected chi connectivity index (χ2v) is 4.71. The van der Waals surface area contributed by atoms with Crippen LogP contribution in [0.1, 0.15) is 71.5 Å². The predicted molar refractivity (Wildman–Crippen MR) is 103 cm³/mol. The maximum absolute atomic E-state index is 13.7. The van der Waals surface area contributed by atoms with Gasteiger partial charge in [-0.15, -0.1) is 0 Å². The number of carbonyl (C=O) groups excluding carboxylic acids is 1. The number of pyridine rings is 1. The number of rotatable bonds is 7. The zero-order chi connectivity index (χ0) is 38.6. The van der Waals surface area contributed by atoms with Crippen molar-refractivity contribution < 1.29 is 40.1 Å². The Morgan fingerprint density at radius 2 is 2.27 bits per heavy atom. The van der Waals surface area contributed by atoms with Crippen molar-refractivity contribution >= 4 is 16.8 Å². The zero-order valence-electron chi connectivity index (χ0n) is 36.0. The van der Waals surface area contributed by atoms with Crippen LogP contribution < -0.4 is 10.9 Å². The van der Waals surface area contributed by atoms with E-state index in [2.05, 4.69) is 5.11 Å². The fourth-order valence-corrected chi connectivity index (χ4v) is 2.07. The second kappa shape index (κ2) is 8.36. The molecule has 0 saturated carbocycles. The fraction of sp³-hybridized carbons (Fsp3) is 0.500. The van der Waals surface area contributed by atoms with Crippen LogP contribution in [0.15, 0.2) is 29.0 Å². The van der Waals surface area contributed by atoms with Gasteiger partial charge < -0.3 is 19.9 Å². The molecule has 1 aromatic heterocycles. The van der Waals surface area contributed by atoms with E-state index >= 15 is 0 Å². The SMILES string of the molecule is [2H]Oc1c(C(=O)N([2H])CCC([2H])([2H])N2C([2H])([2H])C([2H])([2H])C([2H])([2H])C([2H])([2H])C2([2H])[2H])c(=O)n(C([2H])([2H])C([2H])([2H])[2H])c2c([2H])c([2H])c([2H])c([2H])c12. The largest absolute Gasteiger partial charge is 0.506 e. The topological polar surface area (TPSA) is 74.6 Å². The van der Waals surface area contributed by atoms with Crippen LogP contribution in [0, 0.1) is 0 Å². The number of para-hydroxylation sites is 1. The molecule has 3 rings (SSSR count). The first-order valence-electron chi connectivity index (χ1n) is 18.5. The van der Waals surface area contributed by atoms with Crippen molar-refractivity contribution in [2.45, 2.75) is 38.9 Å². The highest BCUT2D eigenvalue weighted by atomic mass is 16.3. The van der Waals surface area contributed by atoms with Gasteiger partial charge in [0.25, 0.3) is 12.9 Å². The lowest BCUT2D eigenvalue weighted by Gasteiger charge is -2.26. The first kappa shape index (κ1) is 5.13. The summed E-state index contributed by atoms with van der Waals surface area (Å²) in [5.74, 6) is -3.21. The number of aromatic nitrogens is 1. The van der Waals surface area contributed by atoms with Crippen molar-refractivity contribution in [1.82, 2.24) is 14.8 Å². The molecule has 0 atom stereocenters. The average Bonchev–Trinajstić information content (AvgIpc) is 2.94. The molecule has 0 radical (unpaired) electrons. The van der Waals surface area contributed by atoms with Crippen LogP contribution >= 0.6 is 0 Å². The van der Waals surface area contributed by atoms with Crippen LogP contribution in [0.5, 0.6) is 5.75 Å². The smallest absolute Gasteiger partial charge is 0.293 e. The van der Waals surface area contributed by atoms with Gasteiger partial charge in [0, 0.05) is 41.7 Å². The van der Waals surface area contributed by atoms with E-state index in [1.807, 2.05) is 0 Å². The minimum absolute atomic E-state index is 0.290. The van der Waals surface area contributed by atoms with E-state index in [1.165, 1.54) is 0 Å². The Labute approximate surface area is 185 Å². The van der Waals surface area contributed by atoms with E-state index in [0.717, 1.165) is 0 Å². The molecule has 6 nitrogen and oxygen atoms in total. The Kier molecular flexibility index (Phi) is 1.65. The first-order valence-corrected chi connectivity index (χ1v) is 7.10. The first-order chi connectivity index (χ1) is 21.7. The molecule has 140 valence electrons. The number of hydrogen-bond acceptors (Lipinski definition) is 4. The molecule has 1 aromatic carbocycles. The summed E-state index contributed by atoms with van der Waals surface area (Å²) in [7, 11) is 0. The van der Waals surface area contributed by atoms with Gasteiger partial charge in [0.1, 0.15) is 11.3 Å². The minimum atomic E-state index is -3.94. The lowest BCUT2D eigenvalue weighted by atomic mass is 10.1. The number of aryl methyl sites for hydroxylation is 1. The lowest BCUT2D eigenvalue weighted by Crippen LogP contribution is -2.36. The number of fused-ring (bicyclic) bond motifs is 1. The van der Waals surface area contributed by atoms with Gasteiger partial charge in [-0.25, -0.2) is 0 Å². The number of nitrogens with zero attached hydrogens (tertiary/aromatic N) is 2. The van der Waals surface area contributed by atoms with E-state index in [4.69, 9.17) is 31.6 Å². The van der Waals surface area contributed by atoms with Crippen LogP contribution in [0.4, 0.5) is 0 Å². The van der Waals surface area contributed by atoms with Crippen LogP contribution in [0.3, 0.4) is 0 Å². The average molecular weight is 381 g/mol. The Morgan fingerprint density at radius 1 is 1.46 bits per heavy atom. The van der Waals surface area contributed by atoms with Crippen LogP contribution in [0.25, 0.3) is 10.9 Å². The third-order valence-electron chi connectivity index (χ3n) is 3.19. The highest BCUT2D eigenvalue weighted by molar-refractivity contribution is 6.02. The maximum Gasteiger partial charge on any atom is 0.293 e. The summed E-state index contributed by atoms with van der Waals surface area (Å²) >= 11 is 0. The van der Waals surface area contributed by atoms with E-state index in [0.29, 0.717) is 0 Å². The summed E-state index contributed by atoms with van der Waals surface area (Å²) < 4.78 is 184. The van der Waals surface area contributed by atoms with Gasteiger partial charge in [-0.2, -0.15) is 0 Å². The summed E-state index contributed by atoms with van der Waals surface area (Å²) in [5.41, 5.74) is -4.65. The summed E-state index contributed by atoms with van der Waals surface area (Å²) in [6, 6.07) is -4.44. The molecule has 2 heterocycles. The van der Waals surface area contributed by atoms with Gasteiger partial charge >= 0.3 is 0 Å². The molecule has 1 aliphatic heterocycles. The molecule has 0 unspecified atom stereocenters. The Hall–Kier alpha value is -2.34. The quantitative estimate of drug-likeness (QED) is 0.773. The predicted octanol–water partition coefficient (Wildman–Crippen LogP) is 2.33. The van der Waals surface area contributed by atoms with Crippen LogP contribution in [0.2, 0.25) is 1.41 Å². The third kappa shape index (κ3) is 3.75. The Bertz CT molecular complexity index is 1720. The van der Waals surface area contributed by atoms with E-state index in [9.17, 15) is 9.59 Å². The molecule has 0 bridgehead atoms. The zero-order valence-corrected chi connectivity index (χ0v) is 13.0. The van der Waals surface area contributed by atoms with Crippen molar-refractivity contribution in [2.24, 2.45) is 0 Å². The molecule has 2 aromatic rings. The molecular weight excluding hydrogens is 330 g/mol. The second-order valence-electron chi connectivity index (χ2n) is 4.71. The Morgan fingerprint density at radius 3 is 3.04 bits per heavy atom. The minimum Gasteiger partial charge on any atom is -0.506 e. The third-order valence-corrected chi connectivity index (χ3v) is 3.19. The van der Waals surface area contributed by atoms with Crippen LogP contribution in [-0.4, -0.2) is 47.9 Å². The molecule has 0 spiro atoms. The molecule has 1 amide bonds. The van der Waals surface area contributed by atoms with E-state index in [-0.39, 0.29) is 9.88 Å². The number of carbonyl (C=O) groups is 1. The van der Waals surface area contributed by atoms with Crippen molar-refractivity contribution in [2.75, 3.05) is 26.0 Å². The number of aromatic hydroxyl groups is 1. The summed E-state index contributed by atoms with van der Waals surface area (Å²) in [5, 5.41) is 3.03. The van der Waals surface area contributed by atoms with Crippen molar-refractivity contribution in [3.63, 3.8) is 0 Å². The monoisotopic (exact) mass is 380 g/mol. The molecule has 0 aliphatic carbocycles. The van der Waals surface area contributed by atoms with Crippen molar-refractivity contribution in [3.05, 3.63) is 40.1 Å². The molecule has 1 aliphatic rings. The molecule has 6 heteroatoms. The summed E-state index contributed by atoms with van der Waals surface area (Å²) in [6.45, 7) is -20.3. The van der Waals surface area contributed by atoms with E-state index in [1.54, 1.807) is 0 Å². The maximum atomic E-state index is 13.7. The van der Waals surface area contributed by atoms with Crippen molar-refractivity contribution in [3.8, 4) is 5.75 Å². The van der Waals surface area contributed by atoms with Gasteiger partial charge in [0.2, 0.25) is 0 Å².